The van der Waals surface area contributed by atoms with Gasteiger partial charge in [0.2, 0.25) is 0 Å². The van der Waals surface area contributed by atoms with E-state index in [1.165, 1.54) is 18.3 Å². The van der Waals surface area contributed by atoms with Crippen molar-refractivity contribution < 1.29 is 18.4 Å². The Hall–Kier alpha value is -1.02. The van der Waals surface area contributed by atoms with Crippen molar-refractivity contribution in [1.29, 1.82) is 0 Å². The number of alkyl halides is 2. The normalized spacial score (nSPS) is 23.9. The minimum atomic E-state index is -2.74. The summed E-state index contributed by atoms with van der Waals surface area (Å²) in [6.45, 7) is 0.629. The van der Waals surface area contributed by atoms with E-state index >= 15 is 0 Å². The predicted octanol–water partition coefficient (Wildman–Crippen LogP) is 2.54. The first-order chi connectivity index (χ1) is 8.34. The number of rotatable bonds is 3. The van der Waals surface area contributed by atoms with Crippen molar-refractivity contribution in [3.8, 4) is 0 Å². The van der Waals surface area contributed by atoms with E-state index in [-0.39, 0.29) is 0 Å². The molecule has 2 rings (SSSR count). The molecule has 1 aliphatic rings. The van der Waals surface area contributed by atoms with Crippen LogP contribution in [-0.4, -0.2) is 29.8 Å². The molecule has 1 unspecified atom stereocenters. The van der Waals surface area contributed by atoms with Crippen LogP contribution in [-0.2, 0) is 10.3 Å². The molecule has 4 nitrogen and oxygen atoms in total. The monoisotopic (exact) mass is 338 g/mol. The summed E-state index contributed by atoms with van der Waals surface area (Å²) in [7, 11) is 0. The molecule has 0 aromatic carbocycles. The number of amides is 3. The highest BCUT2D eigenvalue weighted by Gasteiger charge is 2.50. The number of nitrogens with zero attached hydrogens (tertiary/aromatic N) is 1. The zero-order valence-electron chi connectivity index (χ0n) is 9.25. The third kappa shape index (κ3) is 2.14. The Morgan fingerprint density at radius 3 is 2.67 bits per heavy atom. The van der Waals surface area contributed by atoms with Crippen LogP contribution in [0.1, 0.15) is 11.8 Å². The maximum atomic E-state index is 12.3. The van der Waals surface area contributed by atoms with Crippen molar-refractivity contribution in [3.05, 3.63) is 20.8 Å². The van der Waals surface area contributed by atoms with Crippen molar-refractivity contribution in [2.75, 3.05) is 6.54 Å². The molecule has 0 bridgehead atoms. The number of carbonyl (C=O) groups excluding carboxylic acids is 2. The van der Waals surface area contributed by atoms with Crippen LogP contribution in [0.5, 0.6) is 0 Å². The van der Waals surface area contributed by atoms with Gasteiger partial charge in [0.25, 0.3) is 12.3 Å². The van der Waals surface area contributed by atoms with E-state index in [1.54, 1.807) is 12.1 Å². The molecule has 0 saturated carbocycles. The summed E-state index contributed by atoms with van der Waals surface area (Å²) < 4.78 is 25.4. The van der Waals surface area contributed by atoms with Gasteiger partial charge in [0.15, 0.2) is 5.54 Å². The molecule has 8 heteroatoms. The van der Waals surface area contributed by atoms with Gasteiger partial charge in [-0.15, -0.1) is 11.3 Å². The second-order valence-electron chi connectivity index (χ2n) is 3.97. The lowest BCUT2D eigenvalue weighted by Gasteiger charge is -2.19. The van der Waals surface area contributed by atoms with Gasteiger partial charge >= 0.3 is 6.03 Å². The van der Waals surface area contributed by atoms with Crippen molar-refractivity contribution in [2.45, 2.75) is 18.9 Å². The van der Waals surface area contributed by atoms with Crippen LogP contribution in [0, 0.1) is 0 Å². The molecule has 0 spiro atoms. The molecule has 1 saturated heterocycles. The zero-order chi connectivity index (χ0) is 13.5. The summed E-state index contributed by atoms with van der Waals surface area (Å²) in [6, 6.07) is 2.63. The highest BCUT2D eigenvalue weighted by atomic mass is 79.9. The Kier molecular flexibility index (Phi) is 3.41. The Morgan fingerprint density at radius 2 is 2.17 bits per heavy atom. The van der Waals surface area contributed by atoms with E-state index in [9.17, 15) is 18.4 Å². The van der Waals surface area contributed by atoms with E-state index in [4.69, 9.17) is 0 Å². The van der Waals surface area contributed by atoms with Gasteiger partial charge in [-0.2, -0.15) is 0 Å². The summed E-state index contributed by atoms with van der Waals surface area (Å²) in [5.41, 5.74) is -1.26. The Labute approximate surface area is 114 Å². The van der Waals surface area contributed by atoms with Crippen LogP contribution in [0.3, 0.4) is 0 Å². The van der Waals surface area contributed by atoms with Crippen LogP contribution in [0.25, 0.3) is 0 Å². The molecule has 2 heterocycles. The van der Waals surface area contributed by atoms with Crippen molar-refractivity contribution in [2.24, 2.45) is 0 Å². The molecule has 1 atom stereocenters. The number of thiophene rings is 1. The number of halogens is 3. The molecule has 1 N–H and O–H groups in total. The summed E-state index contributed by atoms with van der Waals surface area (Å²) >= 11 is 4.53. The quantitative estimate of drug-likeness (QED) is 0.861. The van der Waals surface area contributed by atoms with Crippen molar-refractivity contribution in [1.82, 2.24) is 10.2 Å². The highest BCUT2D eigenvalue weighted by Crippen LogP contribution is 2.35. The minimum Gasteiger partial charge on any atom is -0.319 e. The van der Waals surface area contributed by atoms with Gasteiger partial charge in [-0.25, -0.2) is 13.6 Å². The fourth-order valence-electron chi connectivity index (χ4n) is 1.75. The fourth-order valence-corrected chi connectivity index (χ4v) is 3.23. The molecule has 18 heavy (non-hydrogen) atoms. The van der Waals surface area contributed by atoms with Gasteiger partial charge in [-0.3, -0.25) is 9.69 Å². The molecule has 1 fully saturated rings. The van der Waals surface area contributed by atoms with Gasteiger partial charge in [0, 0.05) is 4.88 Å². The Bertz CT molecular complexity index is 508. The second-order valence-corrected chi connectivity index (χ2v) is 6.43. The number of carbonyl (C=O) groups is 2. The molecular weight excluding hydrogens is 330 g/mol. The molecule has 1 aromatic heterocycles. The van der Waals surface area contributed by atoms with Crippen LogP contribution in [0.15, 0.2) is 15.9 Å². The van der Waals surface area contributed by atoms with Gasteiger partial charge in [0.1, 0.15) is 0 Å². The first kappa shape index (κ1) is 13.4. The highest BCUT2D eigenvalue weighted by molar-refractivity contribution is 9.11. The first-order valence-electron chi connectivity index (χ1n) is 5.02. The molecule has 0 radical (unpaired) electrons. The van der Waals surface area contributed by atoms with Crippen molar-refractivity contribution in [3.63, 3.8) is 0 Å². The first-order valence-corrected chi connectivity index (χ1v) is 6.63. The standard InChI is InChI=1S/C10H9BrF2N2O2S/c1-10(5-2-3-6(11)18-5)8(16)15(4-7(12)13)9(17)14-10/h2-3,7H,4H2,1H3,(H,14,17). The predicted molar refractivity (Wildman–Crippen MR) is 65.6 cm³/mol. The SMILES string of the molecule is CC1(c2ccc(Br)s2)NC(=O)N(CC(F)F)C1=O. The third-order valence-electron chi connectivity index (χ3n) is 2.66. The molecule has 1 aliphatic heterocycles. The van der Waals surface area contributed by atoms with Crippen LogP contribution in [0.4, 0.5) is 13.6 Å². The van der Waals surface area contributed by atoms with Crippen LogP contribution < -0.4 is 5.32 Å². The van der Waals surface area contributed by atoms with E-state index in [0.29, 0.717) is 9.78 Å². The molecule has 1 aromatic rings. The van der Waals surface area contributed by atoms with Crippen molar-refractivity contribution >= 4 is 39.2 Å². The summed E-state index contributed by atoms with van der Waals surface area (Å²) in [5.74, 6) is -0.651. The van der Waals surface area contributed by atoms with E-state index in [2.05, 4.69) is 21.2 Å². The smallest absolute Gasteiger partial charge is 0.319 e. The molecule has 3 amide bonds. The van der Waals surface area contributed by atoms with Gasteiger partial charge in [0.05, 0.1) is 10.3 Å². The average molecular weight is 339 g/mol. The number of hydrogen-bond donors (Lipinski definition) is 1. The topological polar surface area (TPSA) is 49.4 Å². The van der Waals surface area contributed by atoms with E-state index in [1.807, 2.05) is 0 Å². The summed E-state index contributed by atoms with van der Waals surface area (Å²) in [6.07, 6.45) is -2.74. The largest absolute Gasteiger partial charge is 0.325 e. The Morgan fingerprint density at radius 1 is 1.50 bits per heavy atom. The number of imide groups is 1. The lowest BCUT2D eigenvalue weighted by atomic mass is 10.0. The maximum absolute atomic E-state index is 12.3. The second kappa shape index (κ2) is 4.58. The zero-order valence-corrected chi connectivity index (χ0v) is 11.6. The lowest BCUT2D eigenvalue weighted by molar-refractivity contribution is -0.132. The van der Waals surface area contributed by atoms with Gasteiger partial charge in [-0.1, -0.05) is 0 Å². The number of urea groups is 1. The average Bonchev–Trinajstić information content (AvgIpc) is 2.78. The minimum absolute atomic E-state index is 0.554. The summed E-state index contributed by atoms with van der Waals surface area (Å²) in [4.78, 5) is 24.8. The van der Waals surface area contributed by atoms with Gasteiger partial charge in [-0.05, 0) is 35.0 Å². The van der Waals surface area contributed by atoms with E-state index in [0.717, 1.165) is 3.79 Å². The van der Waals surface area contributed by atoms with Crippen LogP contribution >= 0.6 is 27.3 Å². The van der Waals surface area contributed by atoms with Crippen LogP contribution in [0.2, 0.25) is 0 Å². The van der Waals surface area contributed by atoms with Gasteiger partial charge < -0.3 is 5.32 Å². The Balaban J connectivity index is 2.31. The summed E-state index contributed by atoms with van der Waals surface area (Å²) in [5, 5.41) is 2.46. The third-order valence-corrected chi connectivity index (χ3v) is 4.51. The van der Waals surface area contributed by atoms with E-state index < -0.39 is 30.4 Å². The molecule has 0 aliphatic carbocycles. The maximum Gasteiger partial charge on any atom is 0.325 e. The molecular formula is C10H9BrF2N2O2S. The number of nitrogens with one attached hydrogen (secondary N) is 1. The lowest BCUT2D eigenvalue weighted by Crippen LogP contribution is -2.40. The molecule has 98 valence electrons. The number of hydrogen-bond acceptors (Lipinski definition) is 3. The fraction of sp³-hybridized carbons (Fsp3) is 0.400.